The van der Waals surface area contributed by atoms with E-state index in [1.807, 2.05) is 24.3 Å². The third-order valence-corrected chi connectivity index (χ3v) is 3.59. The molecule has 0 saturated carbocycles. The Bertz CT molecular complexity index is 833. The van der Waals surface area contributed by atoms with Gasteiger partial charge in [-0.1, -0.05) is 18.2 Å². The van der Waals surface area contributed by atoms with E-state index in [1.165, 1.54) is 13.2 Å². The molecule has 27 heavy (non-hydrogen) atoms. The van der Waals surface area contributed by atoms with Gasteiger partial charge < -0.3 is 25.3 Å². The molecule has 0 aliphatic carbocycles. The highest BCUT2D eigenvalue weighted by Crippen LogP contribution is 2.28. The van der Waals surface area contributed by atoms with Crippen LogP contribution in [0.15, 0.2) is 48.5 Å². The van der Waals surface area contributed by atoms with Crippen molar-refractivity contribution in [2.75, 3.05) is 20.8 Å². The zero-order chi connectivity index (χ0) is 19.6. The molecule has 0 unspecified atom stereocenters. The number of ether oxygens (including phenoxy) is 3. The van der Waals surface area contributed by atoms with E-state index in [1.54, 1.807) is 31.4 Å². The van der Waals surface area contributed by atoms with Crippen LogP contribution >= 0.6 is 0 Å². The second kappa shape index (κ2) is 9.86. The molecule has 2 amide bonds. The fourth-order valence-corrected chi connectivity index (χ4v) is 2.26. The lowest BCUT2D eigenvalue weighted by molar-refractivity contribution is -0.120. The number of amides is 2. The third kappa shape index (κ3) is 6.39. The molecule has 0 aliphatic rings. The SMILES string of the molecule is COc1cccc(CNC(=O)/C=C/c2ccc(OCC(N)=O)c(OC)c2)c1. The lowest BCUT2D eigenvalue weighted by atomic mass is 10.2. The van der Waals surface area contributed by atoms with Gasteiger partial charge in [0.2, 0.25) is 5.91 Å². The molecule has 0 aromatic heterocycles. The summed E-state index contributed by atoms with van der Waals surface area (Å²) >= 11 is 0. The molecule has 7 nitrogen and oxygen atoms in total. The zero-order valence-corrected chi connectivity index (χ0v) is 15.2. The molecule has 2 aromatic carbocycles. The predicted molar refractivity (Wildman–Crippen MR) is 102 cm³/mol. The first kappa shape index (κ1) is 19.8. The van der Waals surface area contributed by atoms with Crippen LogP contribution in [0.25, 0.3) is 6.08 Å². The first-order valence-corrected chi connectivity index (χ1v) is 8.20. The summed E-state index contributed by atoms with van der Waals surface area (Å²) < 4.78 is 15.6. The molecule has 0 atom stereocenters. The van der Waals surface area contributed by atoms with E-state index in [-0.39, 0.29) is 12.5 Å². The van der Waals surface area contributed by atoms with Crippen molar-refractivity contribution in [2.24, 2.45) is 5.73 Å². The van der Waals surface area contributed by atoms with E-state index >= 15 is 0 Å². The molecule has 0 aliphatic heterocycles. The van der Waals surface area contributed by atoms with E-state index in [2.05, 4.69) is 5.32 Å². The van der Waals surface area contributed by atoms with Gasteiger partial charge in [0.1, 0.15) is 5.75 Å². The summed E-state index contributed by atoms with van der Waals surface area (Å²) in [6, 6.07) is 12.6. The van der Waals surface area contributed by atoms with Crippen LogP contribution < -0.4 is 25.3 Å². The number of primary amides is 1. The van der Waals surface area contributed by atoms with Gasteiger partial charge in [-0.25, -0.2) is 0 Å². The van der Waals surface area contributed by atoms with Crippen molar-refractivity contribution in [1.29, 1.82) is 0 Å². The van der Waals surface area contributed by atoms with Crippen LogP contribution in [0.1, 0.15) is 11.1 Å². The van der Waals surface area contributed by atoms with Crippen molar-refractivity contribution in [3.63, 3.8) is 0 Å². The minimum atomic E-state index is -0.575. The van der Waals surface area contributed by atoms with Crippen LogP contribution in [-0.2, 0) is 16.1 Å². The second-order valence-corrected chi connectivity index (χ2v) is 5.57. The number of rotatable bonds is 9. The largest absolute Gasteiger partial charge is 0.497 e. The minimum absolute atomic E-state index is 0.231. The molecular weight excluding hydrogens is 348 g/mol. The number of carbonyl (C=O) groups excluding carboxylic acids is 2. The van der Waals surface area contributed by atoms with Crippen LogP contribution in [0.2, 0.25) is 0 Å². The summed E-state index contributed by atoms with van der Waals surface area (Å²) in [5, 5.41) is 2.80. The van der Waals surface area contributed by atoms with Crippen molar-refractivity contribution < 1.29 is 23.8 Å². The molecule has 0 saturated heterocycles. The van der Waals surface area contributed by atoms with Gasteiger partial charge in [0, 0.05) is 12.6 Å². The number of methoxy groups -OCH3 is 2. The topological polar surface area (TPSA) is 99.9 Å². The Hall–Kier alpha value is -3.48. The van der Waals surface area contributed by atoms with Crippen LogP contribution in [-0.4, -0.2) is 32.6 Å². The fraction of sp³-hybridized carbons (Fsp3) is 0.200. The van der Waals surface area contributed by atoms with E-state index in [0.29, 0.717) is 18.0 Å². The van der Waals surface area contributed by atoms with Crippen LogP contribution in [0.4, 0.5) is 0 Å². The minimum Gasteiger partial charge on any atom is -0.497 e. The van der Waals surface area contributed by atoms with Gasteiger partial charge in [-0.15, -0.1) is 0 Å². The van der Waals surface area contributed by atoms with E-state index in [9.17, 15) is 9.59 Å². The molecule has 142 valence electrons. The highest BCUT2D eigenvalue weighted by molar-refractivity contribution is 5.91. The Morgan fingerprint density at radius 1 is 1.07 bits per heavy atom. The summed E-state index contributed by atoms with van der Waals surface area (Å²) in [6.07, 6.45) is 3.08. The maximum absolute atomic E-state index is 12.0. The third-order valence-electron chi connectivity index (χ3n) is 3.59. The van der Waals surface area contributed by atoms with E-state index < -0.39 is 5.91 Å². The number of hydrogen-bond donors (Lipinski definition) is 2. The summed E-state index contributed by atoms with van der Waals surface area (Å²) in [5.74, 6) is 0.772. The average molecular weight is 370 g/mol. The molecule has 2 rings (SSSR count). The number of nitrogens with two attached hydrogens (primary N) is 1. The number of hydrogen-bond acceptors (Lipinski definition) is 5. The maximum Gasteiger partial charge on any atom is 0.255 e. The maximum atomic E-state index is 12.0. The molecule has 0 radical (unpaired) electrons. The number of nitrogens with one attached hydrogen (secondary N) is 1. The van der Waals surface area contributed by atoms with Crippen molar-refractivity contribution in [3.8, 4) is 17.2 Å². The Morgan fingerprint density at radius 3 is 2.59 bits per heavy atom. The van der Waals surface area contributed by atoms with Gasteiger partial charge in [0.05, 0.1) is 14.2 Å². The number of benzene rings is 2. The van der Waals surface area contributed by atoms with E-state index in [0.717, 1.165) is 16.9 Å². The Kier molecular flexibility index (Phi) is 7.25. The van der Waals surface area contributed by atoms with Crippen LogP contribution in [0, 0.1) is 0 Å². The summed E-state index contributed by atoms with van der Waals surface area (Å²) in [4.78, 5) is 22.8. The van der Waals surface area contributed by atoms with E-state index in [4.69, 9.17) is 19.9 Å². The Labute approximate surface area is 157 Å². The first-order valence-electron chi connectivity index (χ1n) is 8.20. The zero-order valence-electron chi connectivity index (χ0n) is 15.2. The van der Waals surface area contributed by atoms with Crippen LogP contribution in [0.5, 0.6) is 17.2 Å². The lowest BCUT2D eigenvalue weighted by Crippen LogP contribution is -2.20. The summed E-state index contributed by atoms with van der Waals surface area (Å²) in [7, 11) is 3.08. The highest BCUT2D eigenvalue weighted by Gasteiger charge is 2.06. The molecule has 7 heteroatoms. The standard InChI is InChI=1S/C20H22N2O5/c1-25-16-5-3-4-15(10-16)12-22-20(24)9-7-14-6-8-17(18(11-14)26-2)27-13-19(21)23/h3-11H,12-13H2,1-2H3,(H2,21,23)(H,22,24)/b9-7+. The van der Waals surface area contributed by atoms with Crippen molar-refractivity contribution in [2.45, 2.75) is 6.54 Å². The van der Waals surface area contributed by atoms with Crippen molar-refractivity contribution in [1.82, 2.24) is 5.32 Å². The van der Waals surface area contributed by atoms with Gasteiger partial charge in [-0.2, -0.15) is 0 Å². The first-order chi connectivity index (χ1) is 13.0. The molecule has 0 bridgehead atoms. The monoisotopic (exact) mass is 370 g/mol. The molecule has 2 aromatic rings. The predicted octanol–water partition coefficient (Wildman–Crippen LogP) is 1.90. The number of carbonyl (C=O) groups is 2. The second-order valence-electron chi connectivity index (χ2n) is 5.57. The van der Waals surface area contributed by atoms with Gasteiger partial charge in [0.25, 0.3) is 5.91 Å². The van der Waals surface area contributed by atoms with Gasteiger partial charge in [0.15, 0.2) is 18.1 Å². The molecular formula is C20H22N2O5. The molecule has 3 N–H and O–H groups in total. The average Bonchev–Trinajstić information content (AvgIpc) is 2.69. The van der Waals surface area contributed by atoms with Gasteiger partial charge in [-0.3, -0.25) is 9.59 Å². The Morgan fingerprint density at radius 2 is 1.89 bits per heavy atom. The Balaban J connectivity index is 1.95. The quantitative estimate of drug-likeness (QED) is 0.657. The van der Waals surface area contributed by atoms with Gasteiger partial charge in [-0.05, 0) is 41.5 Å². The lowest BCUT2D eigenvalue weighted by Gasteiger charge is -2.10. The van der Waals surface area contributed by atoms with Crippen molar-refractivity contribution in [3.05, 3.63) is 59.7 Å². The summed E-state index contributed by atoms with van der Waals surface area (Å²) in [6.45, 7) is 0.155. The van der Waals surface area contributed by atoms with Crippen LogP contribution in [0.3, 0.4) is 0 Å². The van der Waals surface area contributed by atoms with Crippen molar-refractivity contribution >= 4 is 17.9 Å². The molecule has 0 fully saturated rings. The normalized spacial score (nSPS) is 10.4. The highest BCUT2D eigenvalue weighted by atomic mass is 16.5. The smallest absolute Gasteiger partial charge is 0.255 e. The molecule has 0 spiro atoms. The fourth-order valence-electron chi connectivity index (χ4n) is 2.26. The summed E-state index contributed by atoms with van der Waals surface area (Å²) in [5.41, 5.74) is 6.75. The molecule has 0 heterocycles. The van der Waals surface area contributed by atoms with Gasteiger partial charge >= 0.3 is 0 Å².